The molecule has 5 rings (SSSR count). The Morgan fingerprint density at radius 1 is 1.17 bits per heavy atom. The topological polar surface area (TPSA) is 58.2 Å². The average Bonchev–Trinajstić information content (AvgIpc) is 3.09. The number of hydrogen-bond acceptors (Lipinski definition) is 3. The van der Waals surface area contributed by atoms with E-state index < -0.39 is 5.60 Å². The van der Waals surface area contributed by atoms with E-state index in [4.69, 9.17) is 9.72 Å². The summed E-state index contributed by atoms with van der Waals surface area (Å²) >= 11 is 3.52. The van der Waals surface area contributed by atoms with E-state index in [1.165, 1.54) is 10.8 Å². The van der Waals surface area contributed by atoms with Crippen molar-refractivity contribution in [2.75, 3.05) is 0 Å². The van der Waals surface area contributed by atoms with Crippen molar-refractivity contribution in [3.63, 3.8) is 0 Å². The molecule has 2 heterocycles. The van der Waals surface area contributed by atoms with Gasteiger partial charge in [-0.05, 0) is 68.5 Å². The molecule has 0 bridgehead atoms. The molecule has 1 aliphatic carbocycles. The van der Waals surface area contributed by atoms with Crippen LogP contribution in [0.25, 0.3) is 22.0 Å². The molecule has 6 heteroatoms. The molecule has 3 aromatic rings. The molecule has 1 aliphatic heterocycles. The van der Waals surface area contributed by atoms with Crippen molar-refractivity contribution in [2.24, 2.45) is 5.92 Å². The number of hydrogen-bond donors (Lipinski definition) is 1. The molecule has 29 heavy (non-hydrogen) atoms. The van der Waals surface area contributed by atoms with E-state index in [0.717, 1.165) is 34.4 Å². The zero-order valence-electron chi connectivity index (χ0n) is 16.8. The highest BCUT2D eigenvalue weighted by Crippen LogP contribution is 2.53. The molecule has 5 nitrogen and oxygen atoms in total. The maximum atomic E-state index is 12.8. The number of piperidine rings is 1. The van der Waals surface area contributed by atoms with Crippen LogP contribution in [0.4, 0.5) is 4.79 Å². The molecule has 1 saturated carbocycles. The second-order valence-electron chi connectivity index (χ2n) is 9.08. The van der Waals surface area contributed by atoms with Crippen LogP contribution in [-0.4, -0.2) is 32.6 Å². The number of benzene rings is 2. The Balaban J connectivity index is 1.42. The van der Waals surface area contributed by atoms with Gasteiger partial charge in [0.05, 0.1) is 11.7 Å². The first kappa shape index (κ1) is 18.7. The fourth-order valence-corrected chi connectivity index (χ4v) is 4.69. The number of ether oxygens (including phenoxy) is 1. The minimum Gasteiger partial charge on any atom is -0.444 e. The third-order valence-electron chi connectivity index (χ3n) is 5.72. The quantitative estimate of drug-likeness (QED) is 0.512. The molecule has 1 saturated heterocycles. The molecular weight excluding hydrogens is 430 g/mol. The first-order valence-electron chi connectivity index (χ1n) is 10.0. The Labute approximate surface area is 178 Å². The van der Waals surface area contributed by atoms with Gasteiger partial charge in [-0.2, -0.15) is 0 Å². The number of carbonyl (C=O) groups is 1. The van der Waals surface area contributed by atoms with Gasteiger partial charge in [0.25, 0.3) is 0 Å². The Bertz CT molecular complexity index is 1100. The Hall–Kier alpha value is -2.34. The summed E-state index contributed by atoms with van der Waals surface area (Å²) in [7, 11) is 0. The molecule has 2 aromatic carbocycles. The lowest BCUT2D eigenvalue weighted by Gasteiger charge is -2.29. The van der Waals surface area contributed by atoms with E-state index in [1.807, 2.05) is 37.9 Å². The molecule has 3 unspecified atom stereocenters. The largest absolute Gasteiger partial charge is 0.444 e. The summed E-state index contributed by atoms with van der Waals surface area (Å²) < 4.78 is 6.73. The van der Waals surface area contributed by atoms with Crippen LogP contribution < -0.4 is 0 Å². The highest BCUT2D eigenvalue weighted by atomic mass is 79.9. The van der Waals surface area contributed by atoms with Crippen LogP contribution in [-0.2, 0) is 4.74 Å². The van der Waals surface area contributed by atoms with Gasteiger partial charge in [-0.3, -0.25) is 4.90 Å². The fourth-order valence-electron chi connectivity index (χ4n) is 4.31. The highest BCUT2D eigenvalue weighted by molar-refractivity contribution is 9.10. The summed E-state index contributed by atoms with van der Waals surface area (Å²) in [6.45, 7) is 5.72. The third kappa shape index (κ3) is 3.54. The summed E-state index contributed by atoms with van der Waals surface area (Å²) in [5.41, 5.74) is 1.46. The zero-order valence-corrected chi connectivity index (χ0v) is 18.4. The number of likely N-dealkylation sites (tertiary alicyclic amines) is 1. The number of carbonyl (C=O) groups excluding carboxylic acids is 1. The summed E-state index contributed by atoms with van der Waals surface area (Å²) in [5.74, 6) is 1.41. The third-order valence-corrected chi connectivity index (χ3v) is 6.21. The van der Waals surface area contributed by atoms with Gasteiger partial charge in [0.1, 0.15) is 11.4 Å². The molecule has 150 valence electrons. The van der Waals surface area contributed by atoms with Gasteiger partial charge in [0.15, 0.2) is 0 Å². The number of imidazole rings is 1. The van der Waals surface area contributed by atoms with E-state index in [9.17, 15) is 4.79 Å². The van der Waals surface area contributed by atoms with Crippen molar-refractivity contribution < 1.29 is 9.53 Å². The first-order chi connectivity index (χ1) is 13.8. The molecule has 2 fully saturated rings. The van der Waals surface area contributed by atoms with Crippen LogP contribution in [0.3, 0.4) is 0 Å². The molecular formula is C23H24BrN3O2. The van der Waals surface area contributed by atoms with Gasteiger partial charge in [0.2, 0.25) is 0 Å². The smallest absolute Gasteiger partial charge is 0.411 e. The van der Waals surface area contributed by atoms with Gasteiger partial charge >= 0.3 is 6.09 Å². The predicted octanol–water partition coefficient (Wildman–Crippen LogP) is 6.06. The standard InChI is InChI=1S/C23H24BrN3O2/c1-23(2,3)29-22(28)27-19-10-16(19)11-20(27)21-25-12-18(26-21)15-5-4-14-9-17(24)7-6-13(14)8-15/h4-9,12,16,19-20H,10-11H2,1-3H3,(H,25,26). The van der Waals surface area contributed by atoms with Crippen molar-refractivity contribution >= 4 is 32.8 Å². The average molecular weight is 454 g/mol. The summed E-state index contributed by atoms with van der Waals surface area (Å²) in [5, 5.41) is 2.36. The summed E-state index contributed by atoms with van der Waals surface area (Å²) in [6, 6.07) is 12.9. The highest BCUT2D eigenvalue weighted by Gasteiger charge is 2.56. The maximum absolute atomic E-state index is 12.8. The van der Waals surface area contributed by atoms with Gasteiger partial charge in [0, 0.05) is 22.3 Å². The minimum atomic E-state index is -0.497. The first-order valence-corrected chi connectivity index (χ1v) is 10.8. The van der Waals surface area contributed by atoms with Gasteiger partial charge < -0.3 is 9.72 Å². The van der Waals surface area contributed by atoms with Crippen LogP contribution in [0.15, 0.2) is 47.1 Å². The maximum Gasteiger partial charge on any atom is 0.411 e. The van der Waals surface area contributed by atoms with Crippen LogP contribution >= 0.6 is 15.9 Å². The molecule has 2 aliphatic rings. The van der Waals surface area contributed by atoms with Gasteiger partial charge in [-0.15, -0.1) is 0 Å². The molecule has 1 aromatic heterocycles. The number of fused-ring (bicyclic) bond motifs is 2. The lowest BCUT2D eigenvalue weighted by atomic mass is 10.1. The van der Waals surface area contributed by atoms with Crippen LogP contribution in [0.1, 0.15) is 45.5 Å². The number of halogens is 1. The molecule has 1 N–H and O–H groups in total. The molecule has 0 spiro atoms. The Morgan fingerprint density at radius 2 is 1.93 bits per heavy atom. The molecule has 3 atom stereocenters. The van der Waals surface area contributed by atoms with Gasteiger partial charge in [-0.1, -0.05) is 34.1 Å². The fraction of sp³-hybridized carbons (Fsp3) is 0.391. The van der Waals surface area contributed by atoms with Crippen molar-refractivity contribution in [3.8, 4) is 11.3 Å². The van der Waals surface area contributed by atoms with E-state index in [-0.39, 0.29) is 12.1 Å². The van der Waals surface area contributed by atoms with Crippen molar-refractivity contribution in [3.05, 3.63) is 52.9 Å². The van der Waals surface area contributed by atoms with E-state index >= 15 is 0 Å². The number of nitrogens with one attached hydrogen (secondary N) is 1. The zero-order chi connectivity index (χ0) is 20.3. The Kier molecular flexibility index (Phi) is 4.24. The predicted molar refractivity (Wildman–Crippen MR) is 117 cm³/mol. The lowest BCUT2D eigenvalue weighted by Crippen LogP contribution is -2.38. The van der Waals surface area contributed by atoms with Crippen molar-refractivity contribution in [2.45, 2.75) is 51.3 Å². The van der Waals surface area contributed by atoms with E-state index in [1.54, 1.807) is 0 Å². The number of amides is 1. The summed E-state index contributed by atoms with van der Waals surface area (Å²) in [4.78, 5) is 22.9. The number of H-pyrrole nitrogens is 1. The van der Waals surface area contributed by atoms with Crippen LogP contribution in [0.5, 0.6) is 0 Å². The normalized spacial score (nSPS) is 23.3. The van der Waals surface area contributed by atoms with E-state index in [2.05, 4.69) is 51.2 Å². The number of nitrogens with zero attached hydrogens (tertiary/aromatic N) is 2. The van der Waals surface area contributed by atoms with Crippen LogP contribution in [0, 0.1) is 5.92 Å². The SMILES string of the molecule is CC(C)(C)OC(=O)N1C(c2nc(-c3ccc4cc(Br)ccc4c3)c[nH]2)CC2CC21. The van der Waals surface area contributed by atoms with Gasteiger partial charge in [-0.25, -0.2) is 9.78 Å². The minimum absolute atomic E-state index is 0.0428. The monoisotopic (exact) mass is 453 g/mol. The van der Waals surface area contributed by atoms with Crippen molar-refractivity contribution in [1.29, 1.82) is 0 Å². The molecule has 0 radical (unpaired) electrons. The second-order valence-corrected chi connectivity index (χ2v) is 10.00. The van der Waals surface area contributed by atoms with Crippen LogP contribution in [0.2, 0.25) is 0 Å². The van der Waals surface area contributed by atoms with Crippen molar-refractivity contribution in [1.82, 2.24) is 14.9 Å². The second kappa shape index (κ2) is 6.59. The lowest BCUT2D eigenvalue weighted by molar-refractivity contribution is 0.0175. The number of aromatic amines is 1. The number of aromatic nitrogens is 2. The molecule has 1 amide bonds. The number of rotatable bonds is 2. The summed E-state index contributed by atoms with van der Waals surface area (Å²) in [6.07, 6.45) is 3.72. The van der Waals surface area contributed by atoms with E-state index in [0.29, 0.717) is 12.0 Å². The Morgan fingerprint density at radius 3 is 2.72 bits per heavy atom.